The highest BCUT2D eigenvalue weighted by atomic mass is 19.2. The van der Waals surface area contributed by atoms with Crippen LogP contribution in [-0.4, -0.2) is 24.4 Å². The molecular formula is C22H23F3O4. The van der Waals surface area contributed by atoms with E-state index in [9.17, 15) is 18.3 Å². The lowest BCUT2D eigenvalue weighted by atomic mass is 9.72. The maximum absolute atomic E-state index is 14.7. The van der Waals surface area contributed by atoms with Crippen molar-refractivity contribution in [3.05, 3.63) is 52.8 Å². The molecule has 156 valence electrons. The molecule has 3 atom stereocenters. The van der Waals surface area contributed by atoms with Gasteiger partial charge in [0, 0.05) is 23.5 Å². The van der Waals surface area contributed by atoms with Crippen molar-refractivity contribution < 1.29 is 32.5 Å². The molecule has 0 radical (unpaired) electrons. The minimum Gasteiger partial charge on any atom is -0.491 e. The molecule has 1 aliphatic heterocycles. The lowest BCUT2D eigenvalue weighted by molar-refractivity contribution is -0.0461. The molecule has 4 rings (SSSR count). The van der Waals surface area contributed by atoms with Crippen LogP contribution in [0.1, 0.15) is 50.2 Å². The zero-order valence-corrected chi connectivity index (χ0v) is 16.3. The van der Waals surface area contributed by atoms with Gasteiger partial charge in [-0.15, -0.1) is 0 Å². The van der Waals surface area contributed by atoms with Crippen LogP contribution in [0.5, 0.6) is 17.2 Å². The largest absolute Gasteiger partial charge is 0.491 e. The van der Waals surface area contributed by atoms with E-state index in [1.54, 1.807) is 26.0 Å². The van der Waals surface area contributed by atoms with Crippen molar-refractivity contribution in [2.24, 2.45) is 0 Å². The molecule has 29 heavy (non-hydrogen) atoms. The van der Waals surface area contributed by atoms with Gasteiger partial charge in [0.1, 0.15) is 6.10 Å². The number of fused-ring (bicyclic) bond motifs is 3. The molecule has 0 aromatic heterocycles. The van der Waals surface area contributed by atoms with Crippen molar-refractivity contribution in [3.63, 3.8) is 0 Å². The summed E-state index contributed by atoms with van der Waals surface area (Å²) in [5.41, 5.74) is -1.03. The number of aliphatic hydroxyl groups is 1. The molecule has 3 unspecified atom stereocenters. The summed E-state index contributed by atoms with van der Waals surface area (Å²) in [5, 5.41) is 11.2. The van der Waals surface area contributed by atoms with Gasteiger partial charge in [-0.05, 0) is 44.9 Å². The van der Waals surface area contributed by atoms with E-state index in [2.05, 4.69) is 0 Å². The number of benzene rings is 2. The maximum atomic E-state index is 14.7. The SMILES string of the molecule is CCOc1ccc(C2(O)CCC3c4ccc(OCC)c(F)c4OC3C2)c(F)c1F. The van der Waals surface area contributed by atoms with Crippen molar-refractivity contribution in [2.75, 3.05) is 13.2 Å². The summed E-state index contributed by atoms with van der Waals surface area (Å²) >= 11 is 0. The van der Waals surface area contributed by atoms with Gasteiger partial charge in [-0.3, -0.25) is 0 Å². The third-order valence-electron chi connectivity index (χ3n) is 5.77. The van der Waals surface area contributed by atoms with Gasteiger partial charge in [0.25, 0.3) is 0 Å². The van der Waals surface area contributed by atoms with Gasteiger partial charge >= 0.3 is 0 Å². The van der Waals surface area contributed by atoms with Crippen LogP contribution in [-0.2, 0) is 5.60 Å². The molecule has 1 aliphatic carbocycles. The lowest BCUT2D eigenvalue weighted by Crippen LogP contribution is -2.40. The summed E-state index contributed by atoms with van der Waals surface area (Å²) in [5.74, 6) is -2.90. The number of hydrogen-bond acceptors (Lipinski definition) is 4. The van der Waals surface area contributed by atoms with E-state index in [0.717, 1.165) is 5.56 Å². The summed E-state index contributed by atoms with van der Waals surface area (Å²) in [6, 6.07) is 6.01. The first-order valence-electron chi connectivity index (χ1n) is 9.85. The Hall–Kier alpha value is -2.41. The van der Waals surface area contributed by atoms with Gasteiger partial charge in [-0.25, -0.2) is 4.39 Å². The summed E-state index contributed by atoms with van der Waals surface area (Å²) in [7, 11) is 0. The molecule has 2 aromatic carbocycles. The molecular weight excluding hydrogens is 385 g/mol. The fraction of sp³-hybridized carbons (Fsp3) is 0.455. The molecule has 7 heteroatoms. The zero-order chi connectivity index (χ0) is 20.8. The average Bonchev–Trinajstić information content (AvgIpc) is 3.06. The second kappa shape index (κ2) is 7.44. The monoisotopic (exact) mass is 408 g/mol. The first kappa shape index (κ1) is 19.9. The highest BCUT2D eigenvalue weighted by Crippen LogP contribution is 2.53. The van der Waals surface area contributed by atoms with Crippen LogP contribution in [0.3, 0.4) is 0 Å². The predicted molar refractivity (Wildman–Crippen MR) is 100 cm³/mol. The van der Waals surface area contributed by atoms with Crippen molar-refractivity contribution in [1.29, 1.82) is 0 Å². The summed E-state index contributed by atoms with van der Waals surface area (Å²) in [4.78, 5) is 0. The Kier molecular flexibility index (Phi) is 5.11. The Labute approximate surface area is 167 Å². The highest BCUT2D eigenvalue weighted by Gasteiger charge is 2.48. The van der Waals surface area contributed by atoms with E-state index in [-0.39, 0.29) is 48.2 Å². The van der Waals surface area contributed by atoms with Gasteiger partial charge in [0.05, 0.1) is 18.8 Å². The van der Waals surface area contributed by atoms with Gasteiger partial charge in [0.15, 0.2) is 23.1 Å². The minimum atomic E-state index is -1.61. The van der Waals surface area contributed by atoms with E-state index in [1.165, 1.54) is 12.1 Å². The topological polar surface area (TPSA) is 47.9 Å². The van der Waals surface area contributed by atoms with Gasteiger partial charge in [0.2, 0.25) is 11.6 Å². The van der Waals surface area contributed by atoms with E-state index in [1.807, 2.05) is 0 Å². The van der Waals surface area contributed by atoms with Crippen molar-refractivity contribution >= 4 is 0 Å². The van der Waals surface area contributed by atoms with Gasteiger partial charge in [-0.1, -0.05) is 6.07 Å². The third kappa shape index (κ3) is 3.21. The first-order chi connectivity index (χ1) is 13.9. The summed E-state index contributed by atoms with van der Waals surface area (Å²) in [6.45, 7) is 3.96. The van der Waals surface area contributed by atoms with E-state index in [0.29, 0.717) is 13.0 Å². The Bertz CT molecular complexity index is 933. The van der Waals surface area contributed by atoms with Gasteiger partial charge < -0.3 is 19.3 Å². The lowest BCUT2D eigenvalue weighted by Gasteiger charge is -2.38. The Morgan fingerprint density at radius 3 is 2.34 bits per heavy atom. The smallest absolute Gasteiger partial charge is 0.207 e. The van der Waals surface area contributed by atoms with Crippen LogP contribution in [0.25, 0.3) is 0 Å². The quantitative estimate of drug-likeness (QED) is 0.771. The highest BCUT2D eigenvalue weighted by molar-refractivity contribution is 5.49. The predicted octanol–water partition coefficient (Wildman–Crippen LogP) is 4.82. The fourth-order valence-corrected chi connectivity index (χ4v) is 4.42. The third-order valence-corrected chi connectivity index (χ3v) is 5.77. The second-order valence-electron chi connectivity index (χ2n) is 7.44. The van der Waals surface area contributed by atoms with Gasteiger partial charge in [-0.2, -0.15) is 8.78 Å². The summed E-state index contributed by atoms with van der Waals surface area (Å²) in [6.07, 6.45) is 0.149. The molecule has 1 heterocycles. The first-order valence-corrected chi connectivity index (χ1v) is 9.85. The standard InChI is InChI=1S/C22H23F3O4/c1-3-27-15-8-6-14(18(23)19(15)24)22(26)10-9-12-13-5-7-16(28-4-2)20(25)21(13)29-17(12)11-22/h5-8,12,17,26H,3-4,9-11H2,1-2H3. The second-order valence-corrected chi connectivity index (χ2v) is 7.44. The molecule has 4 nitrogen and oxygen atoms in total. The van der Waals surface area contributed by atoms with Crippen LogP contribution in [0.15, 0.2) is 24.3 Å². The van der Waals surface area contributed by atoms with Crippen molar-refractivity contribution in [3.8, 4) is 17.2 Å². The molecule has 2 aromatic rings. The van der Waals surface area contributed by atoms with Crippen molar-refractivity contribution in [2.45, 2.75) is 50.7 Å². The van der Waals surface area contributed by atoms with E-state index >= 15 is 0 Å². The van der Waals surface area contributed by atoms with Crippen LogP contribution in [0.2, 0.25) is 0 Å². The Morgan fingerprint density at radius 1 is 1.00 bits per heavy atom. The molecule has 1 N–H and O–H groups in total. The normalized spacial score (nSPS) is 25.2. The summed E-state index contributed by atoms with van der Waals surface area (Å²) < 4.78 is 59.9. The van der Waals surface area contributed by atoms with Crippen molar-refractivity contribution in [1.82, 2.24) is 0 Å². The zero-order valence-electron chi connectivity index (χ0n) is 16.3. The van der Waals surface area contributed by atoms with Crippen LogP contribution in [0.4, 0.5) is 13.2 Å². The molecule has 1 fully saturated rings. The number of rotatable bonds is 5. The number of halogens is 3. The maximum Gasteiger partial charge on any atom is 0.207 e. The Balaban J connectivity index is 1.62. The molecule has 0 saturated heterocycles. The molecule has 1 saturated carbocycles. The number of ether oxygens (including phenoxy) is 3. The van der Waals surface area contributed by atoms with Crippen LogP contribution in [0, 0.1) is 17.5 Å². The molecule has 0 bridgehead atoms. The van der Waals surface area contributed by atoms with E-state index < -0.39 is 29.2 Å². The van der Waals surface area contributed by atoms with Crippen LogP contribution >= 0.6 is 0 Å². The Morgan fingerprint density at radius 2 is 1.66 bits per heavy atom. The fourth-order valence-electron chi connectivity index (χ4n) is 4.42. The van der Waals surface area contributed by atoms with Crippen LogP contribution < -0.4 is 14.2 Å². The molecule has 2 aliphatic rings. The molecule has 0 spiro atoms. The molecule has 0 amide bonds. The average molecular weight is 408 g/mol. The minimum absolute atomic E-state index is 0.0279. The number of hydrogen-bond donors (Lipinski definition) is 1. The van der Waals surface area contributed by atoms with E-state index in [4.69, 9.17) is 14.2 Å².